The molecule has 4 nitrogen and oxygen atoms in total. The van der Waals surface area contributed by atoms with Crippen LogP contribution < -0.4 is 5.32 Å². The second-order valence-electron chi connectivity index (χ2n) is 11.2. The van der Waals surface area contributed by atoms with Gasteiger partial charge in [-0.05, 0) is 112 Å². The standard InChI is InChI=1S/C29H35NO3/c1-18-5-9-25(10-6-18)30-26(31)21(4)33-27(32)29-15-22-12-23(16-29)14-28(13-22,17-29)24-8-7-19(2)20(3)11-24/h5-11,21-23H,12-17H2,1-4H3,(H,30,31)/t21-,22-,23+,28?,29?/m1/s1. The van der Waals surface area contributed by atoms with Gasteiger partial charge in [0.15, 0.2) is 6.10 Å². The van der Waals surface area contributed by atoms with Crippen molar-refractivity contribution in [2.45, 2.75) is 77.7 Å². The molecule has 0 saturated heterocycles. The van der Waals surface area contributed by atoms with Gasteiger partial charge in [-0.3, -0.25) is 9.59 Å². The fourth-order valence-electron chi connectivity index (χ4n) is 7.13. The lowest BCUT2D eigenvalue weighted by molar-refractivity contribution is -0.180. The van der Waals surface area contributed by atoms with Gasteiger partial charge in [0.2, 0.25) is 0 Å². The van der Waals surface area contributed by atoms with Gasteiger partial charge in [-0.15, -0.1) is 0 Å². The second kappa shape index (κ2) is 8.00. The fourth-order valence-corrected chi connectivity index (χ4v) is 7.13. The van der Waals surface area contributed by atoms with Crippen LogP contribution in [0.5, 0.6) is 0 Å². The highest BCUT2D eigenvalue weighted by Gasteiger charge is 2.61. The number of benzene rings is 2. The SMILES string of the molecule is Cc1ccc(NC(=O)[C@@H](C)OC(=O)C23C[C@H]4C[C@@H](C2)CC(c2ccc(C)c(C)c2)(C4)C3)cc1. The number of aryl methyl sites for hydroxylation is 3. The average Bonchev–Trinajstić information content (AvgIpc) is 2.76. The summed E-state index contributed by atoms with van der Waals surface area (Å²) in [7, 11) is 0. The van der Waals surface area contributed by atoms with E-state index in [9.17, 15) is 9.59 Å². The first-order valence-electron chi connectivity index (χ1n) is 12.3. The van der Waals surface area contributed by atoms with Crippen molar-refractivity contribution in [1.29, 1.82) is 0 Å². The van der Waals surface area contributed by atoms with Gasteiger partial charge in [-0.2, -0.15) is 0 Å². The van der Waals surface area contributed by atoms with Crippen LogP contribution in [0.2, 0.25) is 0 Å². The Balaban J connectivity index is 1.34. The van der Waals surface area contributed by atoms with Crippen molar-refractivity contribution in [3.63, 3.8) is 0 Å². The monoisotopic (exact) mass is 445 g/mol. The van der Waals surface area contributed by atoms with Gasteiger partial charge in [0.05, 0.1) is 5.41 Å². The number of carbonyl (C=O) groups excluding carboxylic acids is 2. The number of ether oxygens (including phenoxy) is 1. The molecule has 33 heavy (non-hydrogen) atoms. The minimum Gasteiger partial charge on any atom is -0.452 e. The Hall–Kier alpha value is -2.62. The Morgan fingerprint density at radius 1 is 0.939 bits per heavy atom. The third-order valence-corrected chi connectivity index (χ3v) is 8.59. The zero-order valence-corrected chi connectivity index (χ0v) is 20.2. The quantitative estimate of drug-likeness (QED) is 0.573. The van der Waals surface area contributed by atoms with E-state index < -0.39 is 11.5 Å². The van der Waals surface area contributed by atoms with Gasteiger partial charge >= 0.3 is 5.97 Å². The minimum absolute atomic E-state index is 0.0644. The van der Waals surface area contributed by atoms with E-state index in [0.29, 0.717) is 11.8 Å². The number of rotatable bonds is 5. The summed E-state index contributed by atoms with van der Waals surface area (Å²) in [6, 6.07) is 14.5. The first kappa shape index (κ1) is 22.2. The molecule has 6 rings (SSSR count). The maximum Gasteiger partial charge on any atom is 0.312 e. The van der Waals surface area contributed by atoms with Crippen LogP contribution in [-0.4, -0.2) is 18.0 Å². The van der Waals surface area contributed by atoms with Crippen molar-refractivity contribution in [2.75, 3.05) is 5.32 Å². The molecule has 1 amide bonds. The predicted octanol–water partition coefficient (Wildman–Crippen LogP) is 6.02. The minimum atomic E-state index is -0.815. The summed E-state index contributed by atoms with van der Waals surface area (Å²) >= 11 is 0. The largest absolute Gasteiger partial charge is 0.452 e. The van der Waals surface area contributed by atoms with Crippen LogP contribution in [0.15, 0.2) is 42.5 Å². The molecule has 4 heteroatoms. The molecule has 4 fully saturated rings. The van der Waals surface area contributed by atoms with Crippen molar-refractivity contribution in [2.24, 2.45) is 17.3 Å². The lowest BCUT2D eigenvalue weighted by atomic mass is 9.43. The molecule has 174 valence electrons. The topological polar surface area (TPSA) is 55.4 Å². The van der Waals surface area contributed by atoms with Crippen LogP contribution in [-0.2, 0) is 19.7 Å². The summed E-state index contributed by atoms with van der Waals surface area (Å²) in [4.78, 5) is 26.3. The average molecular weight is 446 g/mol. The Labute approximate surface area is 197 Å². The number of anilines is 1. The van der Waals surface area contributed by atoms with Crippen LogP contribution in [0.3, 0.4) is 0 Å². The summed E-state index contributed by atoms with van der Waals surface area (Å²) in [5, 5.41) is 2.88. The molecular formula is C29H35NO3. The van der Waals surface area contributed by atoms with Gasteiger partial charge in [-0.1, -0.05) is 35.9 Å². The second-order valence-corrected chi connectivity index (χ2v) is 11.2. The molecule has 4 aliphatic carbocycles. The van der Waals surface area contributed by atoms with Gasteiger partial charge in [0, 0.05) is 5.69 Å². The Kier molecular flexibility index (Phi) is 5.38. The molecule has 2 unspecified atom stereocenters. The van der Waals surface area contributed by atoms with E-state index in [4.69, 9.17) is 4.74 Å². The van der Waals surface area contributed by atoms with Crippen molar-refractivity contribution < 1.29 is 14.3 Å². The van der Waals surface area contributed by atoms with E-state index in [0.717, 1.165) is 30.5 Å². The summed E-state index contributed by atoms with van der Waals surface area (Å²) in [5.41, 5.74) is 5.48. The Bertz CT molecular complexity index is 1070. The molecule has 2 aromatic rings. The molecule has 2 aromatic carbocycles. The third-order valence-electron chi connectivity index (χ3n) is 8.59. The van der Waals surface area contributed by atoms with Gasteiger partial charge in [0.1, 0.15) is 0 Å². The summed E-state index contributed by atoms with van der Waals surface area (Å²) in [5.74, 6) is 0.686. The van der Waals surface area contributed by atoms with Crippen molar-refractivity contribution in [1.82, 2.24) is 0 Å². The molecule has 4 bridgehead atoms. The number of carbonyl (C=O) groups is 2. The normalized spacial score (nSPS) is 30.7. The highest BCUT2D eigenvalue weighted by Crippen LogP contribution is 2.66. The molecule has 0 aromatic heterocycles. The first-order chi connectivity index (χ1) is 15.7. The molecule has 0 spiro atoms. The maximum absolute atomic E-state index is 13.6. The van der Waals surface area contributed by atoms with E-state index in [1.807, 2.05) is 31.2 Å². The first-order valence-corrected chi connectivity index (χ1v) is 12.3. The number of amides is 1. The Morgan fingerprint density at radius 3 is 2.24 bits per heavy atom. The molecule has 0 heterocycles. The summed E-state index contributed by atoms with van der Waals surface area (Å²) in [6.45, 7) is 8.02. The number of hydrogen-bond donors (Lipinski definition) is 1. The maximum atomic E-state index is 13.6. The molecule has 1 N–H and O–H groups in total. The van der Waals surface area contributed by atoms with Crippen molar-refractivity contribution in [3.05, 3.63) is 64.7 Å². The van der Waals surface area contributed by atoms with Crippen molar-refractivity contribution >= 4 is 17.6 Å². The molecule has 5 atom stereocenters. The molecule has 0 radical (unpaired) electrons. The third kappa shape index (κ3) is 3.98. The van der Waals surface area contributed by atoms with E-state index in [1.165, 1.54) is 36.0 Å². The summed E-state index contributed by atoms with van der Waals surface area (Å²) in [6.07, 6.45) is 5.41. The van der Waals surface area contributed by atoms with Crippen LogP contribution in [0.25, 0.3) is 0 Å². The fraction of sp³-hybridized carbons (Fsp3) is 0.517. The highest BCUT2D eigenvalue weighted by molar-refractivity contribution is 5.95. The molecule has 4 saturated carbocycles. The van der Waals surface area contributed by atoms with Gasteiger partial charge < -0.3 is 10.1 Å². The van der Waals surface area contributed by atoms with Crippen molar-refractivity contribution in [3.8, 4) is 0 Å². The molecular weight excluding hydrogens is 410 g/mol. The number of hydrogen-bond acceptors (Lipinski definition) is 3. The van der Waals surface area contributed by atoms with Crippen LogP contribution in [0.4, 0.5) is 5.69 Å². The highest BCUT2D eigenvalue weighted by atomic mass is 16.5. The smallest absolute Gasteiger partial charge is 0.312 e. The predicted molar refractivity (Wildman–Crippen MR) is 130 cm³/mol. The number of nitrogens with one attached hydrogen (secondary N) is 1. The summed E-state index contributed by atoms with van der Waals surface area (Å²) < 4.78 is 5.87. The zero-order chi connectivity index (χ0) is 23.4. The number of esters is 1. The van der Waals surface area contributed by atoms with Gasteiger partial charge in [0.25, 0.3) is 5.91 Å². The van der Waals surface area contributed by atoms with E-state index in [2.05, 4.69) is 37.4 Å². The van der Waals surface area contributed by atoms with Crippen LogP contribution >= 0.6 is 0 Å². The van der Waals surface area contributed by atoms with E-state index in [-0.39, 0.29) is 17.3 Å². The van der Waals surface area contributed by atoms with E-state index >= 15 is 0 Å². The van der Waals surface area contributed by atoms with Gasteiger partial charge in [-0.25, -0.2) is 0 Å². The Morgan fingerprint density at radius 2 is 1.61 bits per heavy atom. The van der Waals surface area contributed by atoms with Crippen LogP contribution in [0, 0.1) is 38.0 Å². The zero-order valence-electron chi connectivity index (χ0n) is 20.2. The molecule has 4 aliphatic rings. The van der Waals surface area contributed by atoms with E-state index in [1.54, 1.807) is 6.92 Å². The lowest BCUT2D eigenvalue weighted by Crippen LogP contribution is -2.57. The lowest BCUT2D eigenvalue weighted by Gasteiger charge is -2.61. The molecule has 0 aliphatic heterocycles. The van der Waals surface area contributed by atoms with Crippen LogP contribution in [0.1, 0.15) is 67.7 Å².